The third-order valence-electron chi connectivity index (χ3n) is 4.77. The van der Waals surface area contributed by atoms with Crippen LogP contribution >= 0.6 is 27.3 Å². The lowest BCUT2D eigenvalue weighted by Crippen LogP contribution is -1.84. The molecule has 0 spiro atoms. The predicted octanol–water partition coefficient (Wildman–Crippen LogP) is 8.15. The lowest BCUT2D eigenvalue weighted by Gasteiger charge is -2.09. The van der Waals surface area contributed by atoms with Crippen molar-refractivity contribution in [1.82, 2.24) is 0 Å². The lowest BCUT2D eigenvalue weighted by atomic mass is 9.97. The first kappa shape index (κ1) is 15.8. The van der Waals surface area contributed by atoms with Crippen molar-refractivity contribution in [3.8, 4) is 22.3 Å². The molecule has 5 rings (SSSR count). The number of fused-ring (bicyclic) bond motifs is 3. The van der Waals surface area contributed by atoms with Crippen LogP contribution in [0.2, 0.25) is 0 Å². The molecule has 0 N–H and O–H groups in total. The number of benzene rings is 4. The van der Waals surface area contributed by atoms with E-state index in [0.717, 1.165) is 4.47 Å². The van der Waals surface area contributed by atoms with Gasteiger partial charge in [0, 0.05) is 24.6 Å². The summed E-state index contributed by atoms with van der Waals surface area (Å²) >= 11 is 5.65. The molecule has 0 saturated carbocycles. The summed E-state index contributed by atoms with van der Waals surface area (Å²) < 4.78 is 3.81. The van der Waals surface area contributed by atoms with Gasteiger partial charge in [0.05, 0.1) is 0 Å². The number of rotatable bonds is 2. The largest absolute Gasteiger partial charge is 0.135 e. The number of hydrogen-bond acceptors (Lipinski definition) is 1. The fraction of sp³-hybridized carbons (Fsp3) is 0. The van der Waals surface area contributed by atoms with E-state index in [2.05, 4.69) is 101 Å². The Morgan fingerprint density at radius 1 is 0.577 bits per heavy atom. The molecular weight excluding hydrogens is 400 g/mol. The molecule has 1 aromatic heterocycles. The molecular formula is C24H15BrS. The Morgan fingerprint density at radius 2 is 1.35 bits per heavy atom. The van der Waals surface area contributed by atoms with Gasteiger partial charge in [-0.1, -0.05) is 88.7 Å². The van der Waals surface area contributed by atoms with Crippen LogP contribution < -0.4 is 0 Å². The minimum Gasteiger partial charge on any atom is -0.135 e. The summed E-state index contributed by atoms with van der Waals surface area (Å²) in [5.41, 5.74) is 4.98. The van der Waals surface area contributed by atoms with Crippen molar-refractivity contribution in [1.29, 1.82) is 0 Å². The molecule has 0 radical (unpaired) electrons. The Kier molecular flexibility index (Phi) is 3.88. The molecule has 2 heteroatoms. The molecule has 0 fully saturated rings. The second kappa shape index (κ2) is 6.39. The predicted molar refractivity (Wildman–Crippen MR) is 118 cm³/mol. The van der Waals surface area contributed by atoms with E-state index in [1.54, 1.807) is 0 Å². The van der Waals surface area contributed by atoms with E-state index in [4.69, 9.17) is 0 Å². The Labute approximate surface area is 164 Å². The van der Waals surface area contributed by atoms with Crippen LogP contribution in [0.4, 0.5) is 0 Å². The molecule has 0 nitrogen and oxygen atoms in total. The molecule has 0 atom stereocenters. The minimum absolute atomic E-state index is 1.12. The van der Waals surface area contributed by atoms with Crippen molar-refractivity contribution in [3.05, 3.63) is 95.5 Å². The van der Waals surface area contributed by atoms with Crippen LogP contribution in [0.3, 0.4) is 0 Å². The SMILES string of the molecule is Brc1cc(-c2cccc3sc4ccccc4c23)ccc1-c1ccccc1. The number of thiophene rings is 1. The highest BCUT2D eigenvalue weighted by Crippen LogP contribution is 2.41. The zero-order chi connectivity index (χ0) is 17.5. The molecule has 4 aromatic carbocycles. The number of hydrogen-bond donors (Lipinski definition) is 0. The van der Waals surface area contributed by atoms with Crippen molar-refractivity contribution in [2.75, 3.05) is 0 Å². The average molecular weight is 415 g/mol. The molecule has 0 saturated heterocycles. The summed E-state index contributed by atoms with van der Waals surface area (Å²) in [7, 11) is 0. The fourth-order valence-electron chi connectivity index (χ4n) is 3.55. The highest BCUT2D eigenvalue weighted by Gasteiger charge is 2.12. The topological polar surface area (TPSA) is 0 Å². The van der Waals surface area contributed by atoms with Gasteiger partial charge in [-0.15, -0.1) is 11.3 Å². The maximum Gasteiger partial charge on any atom is 0.0361 e. The molecule has 0 amide bonds. The van der Waals surface area contributed by atoms with Crippen molar-refractivity contribution < 1.29 is 0 Å². The smallest absolute Gasteiger partial charge is 0.0361 e. The molecule has 0 aliphatic heterocycles. The molecule has 26 heavy (non-hydrogen) atoms. The first-order valence-electron chi connectivity index (χ1n) is 8.57. The van der Waals surface area contributed by atoms with E-state index in [1.807, 2.05) is 17.4 Å². The van der Waals surface area contributed by atoms with Gasteiger partial charge in [-0.05, 0) is 40.5 Å². The van der Waals surface area contributed by atoms with Crippen molar-refractivity contribution in [3.63, 3.8) is 0 Å². The van der Waals surface area contributed by atoms with E-state index >= 15 is 0 Å². The normalized spacial score (nSPS) is 11.3. The van der Waals surface area contributed by atoms with Gasteiger partial charge >= 0.3 is 0 Å². The Morgan fingerprint density at radius 3 is 2.19 bits per heavy atom. The van der Waals surface area contributed by atoms with Crippen LogP contribution in [-0.4, -0.2) is 0 Å². The van der Waals surface area contributed by atoms with Crippen molar-refractivity contribution in [2.45, 2.75) is 0 Å². The summed E-state index contributed by atoms with van der Waals surface area (Å²) in [6.07, 6.45) is 0. The quantitative estimate of drug-likeness (QED) is 0.273. The van der Waals surface area contributed by atoms with Crippen LogP contribution in [-0.2, 0) is 0 Å². The molecule has 0 aliphatic rings. The van der Waals surface area contributed by atoms with E-state index in [0.29, 0.717) is 0 Å². The van der Waals surface area contributed by atoms with Gasteiger partial charge in [-0.2, -0.15) is 0 Å². The van der Waals surface area contributed by atoms with E-state index in [9.17, 15) is 0 Å². The Bertz CT molecular complexity index is 1240. The lowest BCUT2D eigenvalue weighted by molar-refractivity contribution is 1.57. The van der Waals surface area contributed by atoms with Gasteiger partial charge in [0.2, 0.25) is 0 Å². The standard InChI is InChI=1S/C24H15BrS/c25-21-15-17(13-14-18(21)16-7-2-1-3-8-16)19-10-6-12-23-24(19)20-9-4-5-11-22(20)26-23/h1-15H. The monoisotopic (exact) mass is 414 g/mol. The Hall–Kier alpha value is -2.42. The van der Waals surface area contributed by atoms with Gasteiger partial charge in [0.1, 0.15) is 0 Å². The van der Waals surface area contributed by atoms with E-state index in [1.165, 1.54) is 42.4 Å². The second-order valence-electron chi connectivity index (χ2n) is 6.34. The highest BCUT2D eigenvalue weighted by atomic mass is 79.9. The maximum atomic E-state index is 3.79. The van der Waals surface area contributed by atoms with Crippen LogP contribution in [0.1, 0.15) is 0 Å². The number of halogens is 1. The summed E-state index contributed by atoms with van der Waals surface area (Å²) in [6.45, 7) is 0. The zero-order valence-electron chi connectivity index (χ0n) is 13.9. The van der Waals surface area contributed by atoms with E-state index < -0.39 is 0 Å². The van der Waals surface area contributed by atoms with Gasteiger partial charge in [0.15, 0.2) is 0 Å². The van der Waals surface area contributed by atoms with Crippen LogP contribution in [0, 0.1) is 0 Å². The molecule has 0 unspecified atom stereocenters. The summed E-state index contributed by atoms with van der Waals surface area (Å²) in [4.78, 5) is 0. The van der Waals surface area contributed by atoms with Gasteiger partial charge in [-0.25, -0.2) is 0 Å². The summed E-state index contributed by atoms with van der Waals surface area (Å²) in [6, 6.07) is 32.5. The first-order valence-corrected chi connectivity index (χ1v) is 10.2. The van der Waals surface area contributed by atoms with Crippen molar-refractivity contribution in [2.24, 2.45) is 0 Å². The van der Waals surface area contributed by atoms with Gasteiger partial charge in [-0.3, -0.25) is 0 Å². The maximum absolute atomic E-state index is 3.79. The third-order valence-corrected chi connectivity index (χ3v) is 6.56. The molecule has 0 aliphatic carbocycles. The average Bonchev–Trinajstić information content (AvgIpc) is 3.07. The van der Waals surface area contributed by atoms with Crippen LogP contribution in [0.15, 0.2) is 95.5 Å². The van der Waals surface area contributed by atoms with E-state index in [-0.39, 0.29) is 0 Å². The van der Waals surface area contributed by atoms with Crippen LogP contribution in [0.25, 0.3) is 42.4 Å². The molecule has 5 aromatic rings. The highest BCUT2D eigenvalue weighted by molar-refractivity contribution is 9.10. The fourth-order valence-corrected chi connectivity index (χ4v) is 5.29. The second-order valence-corrected chi connectivity index (χ2v) is 8.28. The summed E-state index contributed by atoms with van der Waals surface area (Å²) in [5.74, 6) is 0. The molecule has 1 heterocycles. The van der Waals surface area contributed by atoms with Crippen molar-refractivity contribution >= 4 is 47.4 Å². The van der Waals surface area contributed by atoms with Gasteiger partial charge < -0.3 is 0 Å². The third kappa shape index (κ3) is 2.57. The minimum atomic E-state index is 1.12. The Balaban J connectivity index is 1.72. The molecule has 124 valence electrons. The first-order chi connectivity index (χ1) is 12.8. The summed E-state index contributed by atoms with van der Waals surface area (Å²) in [5, 5.41) is 2.69. The molecule has 0 bridgehead atoms. The zero-order valence-corrected chi connectivity index (χ0v) is 16.3. The van der Waals surface area contributed by atoms with Crippen LogP contribution in [0.5, 0.6) is 0 Å². The van der Waals surface area contributed by atoms with Gasteiger partial charge in [0.25, 0.3) is 0 Å².